The minimum Gasteiger partial charge on any atom is -0.378 e. The van der Waals surface area contributed by atoms with Crippen molar-refractivity contribution in [2.45, 2.75) is 31.2 Å². The summed E-state index contributed by atoms with van der Waals surface area (Å²) in [4.78, 5) is 16.7. The molecule has 4 heteroatoms. The Morgan fingerprint density at radius 1 is 0.923 bits per heavy atom. The van der Waals surface area contributed by atoms with Crippen LogP contribution in [-0.4, -0.2) is 32.7 Å². The van der Waals surface area contributed by atoms with Crippen LogP contribution >= 0.6 is 0 Å². The van der Waals surface area contributed by atoms with Crippen molar-refractivity contribution < 1.29 is 9.53 Å². The van der Waals surface area contributed by atoms with Crippen LogP contribution in [0.3, 0.4) is 0 Å². The lowest BCUT2D eigenvalue weighted by Crippen LogP contribution is -2.45. The van der Waals surface area contributed by atoms with Gasteiger partial charge in [0.05, 0.1) is 30.1 Å². The topological polar surface area (TPSA) is 32.8 Å². The lowest BCUT2D eigenvalue weighted by Gasteiger charge is -2.42. The molecule has 0 aromatic heterocycles. The summed E-state index contributed by atoms with van der Waals surface area (Å²) in [6, 6.07) is 18.8. The lowest BCUT2D eigenvalue weighted by atomic mass is 9.86. The zero-order chi connectivity index (χ0) is 17.8. The number of hydrogen-bond donors (Lipinski definition) is 0. The molecule has 1 aliphatic carbocycles. The normalized spacial score (nSPS) is 19.3. The van der Waals surface area contributed by atoms with Crippen molar-refractivity contribution in [2.75, 3.05) is 36.1 Å². The number of anilines is 2. The highest BCUT2D eigenvalue weighted by Crippen LogP contribution is 2.47. The fourth-order valence-corrected chi connectivity index (χ4v) is 4.50. The Bertz CT molecular complexity index is 735. The molecule has 0 unspecified atom stereocenters. The van der Waals surface area contributed by atoms with Crippen LogP contribution < -0.4 is 9.80 Å². The Morgan fingerprint density at radius 2 is 1.58 bits per heavy atom. The van der Waals surface area contributed by atoms with Crippen molar-refractivity contribution in [3.8, 4) is 0 Å². The number of amides is 1. The van der Waals surface area contributed by atoms with Crippen molar-refractivity contribution in [2.24, 2.45) is 0 Å². The molecule has 1 saturated carbocycles. The van der Waals surface area contributed by atoms with E-state index in [1.54, 1.807) is 0 Å². The van der Waals surface area contributed by atoms with Gasteiger partial charge in [0.2, 0.25) is 6.41 Å². The Morgan fingerprint density at radius 3 is 2.27 bits per heavy atom. The molecular formula is C22H26N2O2. The summed E-state index contributed by atoms with van der Waals surface area (Å²) in [5.41, 5.74) is 3.13. The molecular weight excluding hydrogens is 324 g/mol. The maximum atomic E-state index is 12.4. The van der Waals surface area contributed by atoms with E-state index < -0.39 is 0 Å². The number of para-hydroxylation sites is 2. The van der Waals surface area contributed by atoms with Gasteiger partial charge in [-0.1, -0.05) is 55.3 Å². The van der Waals surface area contributed by atoms with E-state index in [-0.39, 0.29) is 5.54 Å². The summed E-state index contributed by atoms with van der Waals surface area (Å²) in [5, 5.41) is 0. The SMILES string of the molecule is O=CN(c1ccccc1N1CCOCC1)C1(c2ccccc2)CCCC1. The Hall–Kier alpha value is -2.33. The van der Waals surface area contributed by atoms with Gasteiger partial charge in [-0.15, -0.1) is 0 Å². The van der Waals surface area contributed by atoms with Crippen molar-refractivity contribution in [3.05, 3.63) is 60.2 Å². The van der Waals surface area contributed by atoms with Crippen molar-refractivity contribution in [3.63, 3.8) is 0 Å². The first-order valence-electron chi connectivity index (χ1n) is 9.57. The Balaban J connectivity index is 1.78. The second-order valence-corrected chi connectivity index (χ2v) is 7.17. The number of carbonyl (C=O) groups excluding carboxylic acids is 1. The van der Waals surface area contributed by atoms with Crippen molar-refractivity contribution >= 4 is 17.8 Å². The first-order valence-corrected chi connectivity index (χ1v) is 9.57. The van der Waals surface area contributed by atoms with Gasteiger partial charge in [0, 0.05) is 13.1 Å². The smallest absolute Gasteiger partial charge is 0.214 e. The largest absolute Gasteiger partial charge is 0.378 e. The van der Waals surface area contributed by atoms with Gasteiger partial charge in [0.15, 0.2) is 0 Å². The third kappa shape index (κ3) is 2.99. The van der Waals surface area contributed by atoms with E-state index in [1.807, 2.05) is 17.0 Å². The Kier molecular flexibility index (Phi) is 4.93. The number of morpholine rings is 1. The van der Waals surface area contributed by atoms with Crippen LogP contribution in [0.15, 0.2) is 54.6 Å². The van der Waals surface area contributed by atoms with Crippen LogP contribution in [0.1, 0.15) is 31.2 Å². The number of rotatable bonds is 5. The van der Waals surface area contributed by atoms with Crippen LogP contribution in [-0.2, 0) is 15.1 Å². The highest BCUT2D eigenvalue weighted by molar-refractivity contribution is 5.86. The van der Waals surface area contributed by atoms with Gasteiger partial charge in [0.1, 0.15) is 0 Å². The van der Waals surface area contributed by atoms with Gasteiger partial charge < -0.3 is 14.5 Å². The molecule has 4 rings (SSSR count). The zero-order valence-electron chi connectivity index (χ0n) is 15.1. The van der Waals surface area contributed by atoms with E-state index in [1.165, 1.54) is 5.56 Å². The monoisotopic (exact) mass is 350 g/mol. The maximum Gasteiger partial charge on any atom is 0.214 e. The third-order valence-corrected chi connectivity index (χ3v) is 5.80. The van der Waals surface area contributed by atoms with E-state index in [4.69, 9.17) is 4.74 Å². The number of benzene rings is 2. The Labute approximate surface area is 155 Å². The van der Waals surface area contributed by atoms with Crippen LogP contribution in [0, 0.1) is 0 Å². The van der Waals surface area contributed by atoms with E-state index in [2.05, 4.69) is 47.4 Å². The van der Waals surface area contributed by atoms with Gasteiger partial charge in [-0.3, -0.25) is 4.79 Å². The summed E-state index contributed by atoms with van der Waals surface area (Å²) in [5.74, 6) is 0. The van der Waals surface area contributed by atoms with Crippen LogP contribution in [0.4, 0.5) is 11.4 Å². The molecule has 0 spiro atoms. The summed E-state index contributed by atoms with van der Waals surface area (Å²) >= 11 is 0. The molecule has 0 atom stereocenters. The van der Waals surface area contributed by atoms with E-state index in [0.29, 0.717) is 0 Å². The number of carbonyl (C=O) groups is 1. The van der Waals surface area contributed by atoms with E-state index in [0.717, 1.165) is 69.8 Å². The first-order chi connectivity index (χ1) is 12.8. The minimum absolute atomic E-state index is 0.245. The highest BCUT2D eigenvalue weighted by Gasteiger charge is 2.42. The highest BCUT2D eigenvalue weighted by atomic mass is 16.5. The van der Waals surface area contributed by atoms with Gasteiger partial charge in [0.25, 0.3) is 0 Å². The van der Waals surface area contributed by atoms with Gasteiger partial charge in [-0.05, 0) is 30.5 Å². The third-order valence-electron chi connectivity index (χ3n) is 5.80. The molecule has 2 aromatic rings. The summed E-state index contributed by atoms with van der Waals surface area (Å²) in [6.07, 6.45) is 5.36. The number of ether oxygens (including phenoxy) is 1. The molecule has 2 fully saturated rings. The molecule has 1 heterocycles. The molecule has 0 radical (unpaired) electrons. The number of hydrogen-bond acceptors (Lipinski definition) is 3. The van der Waals surface area contributed by atoms with Crippen molar-refractivity contribution in [1.29, 1.82) is 0 Å². The fourth-order valence-electron chi connectivity index (χ4n) is 4.50. The van der Waals surface area contributed by atoms with E-state index in [9.17, 15) is 4.79 Å². The van der Waals surface area contributed by atoms with Gasteiger partial charge in [-0.2, -0.15) is 0 Å². The lowest BCUT2D eigenvalue weighted by molar-refractivity contribution is -0.108. The summed E-state index contributed by atoms with van der Waals surface area (Å²) in [6.45, 7) is 3.20. The summed E-state index contributed by atoms with van der Waals surface area (Å²) < 4.78 is 5.51. The second kappa shape index (κ2) is 7.50. The predicted octanol–water partition coefficient (Wildman–Crippen LogP) is 3.96. The van der Waals surface area contributed by atoms with Gasteiger partial charge >= 0.3 is 0 Å². The average Bonchev–Trinajstić information content (AvgIpc) is 3.21. The molecule has 2 aliphatic rings. The van der Waals surface area contributed by atoms with Crippen LogP contribution in [0.25, 0.3) is 0 Å². The average molecular weight is 350 g/mol. The second-order valence-electron chi connectivity index (χ2n) is 7.17. The zero-order valence-corrected chi connectivity index (χ0v) is 15.1. The molecule has 1 aliphatic heterocycles. The van der Waals surface area contributed by atoms with Crippen molar-refractivity contribution in [1.82, 2.24) is 0 Å². The van der Waals surface area contributed by atoms with E-state index >= 15 is 0 Å². The van der Waals surface area contributed by atoms with Gasteiger partial charge in [-0.25, -0.2) is 0 Å². The quantitative estimate of drug-likeness (QED) is 0.766. The van der Waals surface area contributed by atoms with Crippen LogP contribution in [0.5, 0.6) is 0 Å². The standard InChI is InChI=1S/C22H26N2O2/c25-18-24(22(12-6-7-13-22)19-8-2-1-3-9-19)21-11-5-4-10-20(21)23-14-16-26-17-15-23/h1-5,8-11,18H,6-7,12-17H2. The summed E-state index contributed by atoms with van der Waals surface area (Å²) in [7, 11) is 0. The maximum absolute atomic E-state index is 12.4. The molecule has 2 aromatic carbocycles. The predicted molar refractivity (Wildman–Crippen MR) is 105 cm³/mol. The molecule has 4 nitrogen and oxygen atoms in total. The first kappa shape index (κ1) is 17.1. The molecule has 136 valence electrons. The van der Waals surface area contributed by atoms with Crippen LogP contribution in [0.2, 0.25) is 0 Å². The molecule has 1 saturated heterocycles. The molecule has 0 N–H and O–H groups in total. The molecule has 1 amide bonds. The molecule has 0 bridgehead atoms. The number of nitrogens with zero attached hydrogens (tertiary/aromatic N) is 2. The fraction of sp³-hybridized carbons (Fsp3) is 0.409. The molecule has 26 heavy (non-hydrogen) atoms. The minimum atomic E-state index is -0.245.